The number of benzene rings is 1. The molecule has 0 atom stereocenters. The van der Waals surface area contributed by atoms with E-state index in [2.05, 4.69) is 16.1 Å². The molecule has 0 radical (unpaired) electrons. The van der Waals surface area contributed by atoms with Crippen molar-refractivity contribution in [3.63, 3.8) is 0 Å². The highest BCUT2D eigenvalue weighted by atomic mass is 32.2. The molecule has 0 aromatic heterocycles. The number of ether oxygens (including phenoxy) is 1. The molecule has 1 aliphatic heterocycles. The van der Waals surface area contributed by atoms with E-state index in [0.29, 0.717) is 25.3 Å². The molecule has 0 bridgehead atoms. The van der Waals surface area contributed by atoms with Crippen LogP contribution in [-0.2, 0) is 27.7 Å². The Hall–Kier alpha value is -1.11. The Balaban J connectivity index is 2.10. The van der Waals surface area contributed by atoms with E-state index in [4.69, 9.17) is 4.74 Å². The second kappa shape index (κ2) is 6.36. The van der Waals surface area contributed by atoms with Crippen molar-refractivity contribution < 1.29 is 13.2 Å². The highest BCUT2D eigenvalue weighted by molar-refractivity contribution is 7.92. The SMILES string of the molecule is COCCCS(=O)(=O)Nc1cccc2c1CNCC2. The lowest BCUT2D eigenvalue weighted by Crippen LogP contribution is -2.26. The van der Waals surface area contributed by atoms with Gasteiger partial charge in [-0.05, 0) is 36.6 Å². The van der Waals surface area contributed by atoms with Gasteiger partial charge in [0.15, 0.2) is 0 Å². The molecule has 2 rings (SSSR count). The van der Waals surface area contributed by atoms with Crippen molar-refractivity contribution in [2.75, 3.05) is 30.7 Å². The van der Waals surface area contributed by atoms with Crippen LogP contribution in [0, 0.1) is 0 Å². The van der Waals surface area contributed by atoms with Crippen LogP contribution in [0.15, 0.2) is 18.2 Å². The lowest BCUT2D eigenvalue weighted by molar-refractivity contribution is 0.199. The molecule has 5 nitrogen and oxygen atoms in total. The minimum atomic E-state index is -3.30. The molecule has 1 heterocycles. The van der Waals surface area contributed by atoms with Gasteiger partial charge in [0.25, 0.3) is 0 Å². The van der Waals surface area contributed by atoms with E-state index in [1.165, 1.54) is 5.56 Å². The highest BCUT2D eigenvalue weighted by Gasteiger charge is 2.16. The summed E-state index contributed by atoms with van der Waals surface area (Å²) >= 11 is 0. The zero-order valence-corrected chi connectivity index (χ0v) is 11.9. The lowest BCUT2D eigenvalue weighted by Gasteiger charge is -2.21. The van der Waals surface area contributed by atoms with Crippen LogP contribution in [0.1, 0.15) is 17.5 Å². The van der Waals surface area contributed by atoms with Gasteiger partial charge in [0.2, 0.25) is 10.0 Å². The van der Waals surface area contributed by atoms with Gasteiger partial charge in [-0.1, -0.05) is 12.1 Å². The predicted molar refractivity (Wildman–Crippen MR) is 75.8 cm³/mol. The molecule has 1 aromatic carbocycles. The van der Waals surface area contributed by atoms with Crippen molar-refractivity contribution in [2.45, 2.75) is 19.4 Å². The Labute approximate surface area is 114 Å². The fraction of sp³-hybridized carbons (Fsp3) is 0.538. The fourth-order valence-corrected chi connectivity index (χ4v) is 3.35. The molecule has 0 saturated heterocycles. The minimum Gasteiger partial charge on any atom is -0.385 e. The van der Waals surface area contributed by atoms with Gasteiger partial charge in [0.1, 0.15) is 0 Å². The normalized spacial score (nSPS) is 15.0. The molecular formula is C13H20N2O3S. The van der Waals surface area contributed by atoms with Gasteiger partial charge in [-0.2, -0.15) is 0 Å². The molecule has 1 aromatic rings. The molecule has 0 unspecified atom stereocenters. The van der Waals surface area contributed by atoms with E-state index >= 15 is 0 Å². The Morgan fingerprint density at radius 1 is 1.42 bits per heavy atom. The first kappa shape index (κ1) is 14.3. The number of rotatable bonds is 6. The number of anilines is 1. The van der Waals surface area contributed by atoms with Crippen molar-refractivity contribution in [3.8, 4) is 0 Å². The zero-order chi connectivity index (χ0) is 13.7. The van der Waals surface area contributed by atoms with Crippen molar-refractivity contribution in [1.82, 2.24) is 5.32 Å². The first-order valence-corrected chi connectivity index (χ1v) is 8.08. The molecular weight excluding hydrogens is 264 g/mol. The van der Waals surface area contributed by atoms with Crippen LogP contribution in [0.4, 0.5) is 5.69 Å². The van der Waals surface area contributed by atoms with Gasteiger partial charge in [-0.25, -0.2) is 8.42 Å². The van der Waals surface area contributed by atoms with E-state index < -0.39 is 10.0 Å². The van der Waals surface area contributed by atoms with Gasteiger partial charge in [0, 0.05) is 20.3 Å². The largest absolute Gasteiger partial charge is 0.385 e. The maximum atomic E-state index is 12.0. The van der Waals surface area contributed by atoms with Gasteiger partial charge in [-0.15, -0.1) is 0 Å². The molecule has 106 valence electrons. The van der Waals surface area contributed by atoms with E-state index in [-0.39, 0.29) is 5.75 Å². The van der Waals surface area contributed by atoms with E-state index in [1.807, 2.05) is 12.1 Å². The summed E-state index contributed by atoms with van der Waals surface area (Å²) < 4.78 is 31.5. The molecule has 0 amide bonds. The minimum absolute atomic E-state index is 0.0813. The average Bonchev–Trinajstić information content (AvgIpc) is 2.39. The van der Waals surface area contributed by atoms with E-state index in [0.717, 1.165) is 18.5 Å². The predicted octanol–water partition coefficient (Wildman–Crippen LogP) is 1.11. The van der Waals surface area contributed by atoms with Crippen molar-refractivity contribution >= 4 is 15.7 Å². The molecule has 1 aliphatic rings. The molecule has 0 aliphatic carbocycles. The summed E-state index contributed by atoms with van der Waals surface area (Å²) in [5.74, 6) is 0.0813. The Morgan fingerprint density at radius 2 is 2.26 bits per heavy atom. The van der Waals surface area contributed by atoms with Crippen LogP contribution in [-0.4, -0.2) is 34.4 Å². The molecule has 19 heavy (non-hydrogen) atoms. The summed E-state index contributed by atoms with van der Waals surface area (Å²) in [6, 6.07) is 5.77. The van der Waals surface area contributed by atoms with Crippen molar-refractivity contribution in [3.05, 3.63) is 29.3 Å². The summed E-state index contributed by atoms with van der Waals surface area (Å²) in [5, 5.41) is 3.26. The number of fused-ring (bicyclic) bond motifs is 1. The summed E-state index contributed by atoms with van der Waals surface area (Å²) in [5.41, 5.74) is 2.97. The van der Waals surface area contributed by atoms with Crippen molar-refractivity contribution in [2.24, 2.45) is 0 Å². The van der Waals surface area contributed by atoms with Crippen LogP contribution in [0.3, 0.4) is 0 Å². The Bertz CT molecular complexity index is 529. The van der Waals surface area contributed by atoms with E-state index in [9.17, 15) is 8.42 Å². The van der Waals surface area contributed by atoms with Gasteiger partial charge >= 0.3 is 0 Å². The number of hydrogen-bond donors (Lipinski definition) is 2. The number of nitrogens with one attached hydrogen (secondary N) is 2. The van der Waals surface area contributed by atoms with Gasteiger partial charge in [0.05, 0.1) is 11.4 Å². The first-order valence-electron chi connectivity index (χ1n) is 6.43. The van der Waals surface area contributed by atoms with Crippen LogP contribution in [0.2, 0.25) is 0 Å². The standard InChI is InChI=1S/C13H20N2O3S/c1-18-8-3-9-19(16,17)15-13-5-2-4-11-6-7-14-10-12(11)13/h2,4-5,14-15H,3,6-10H2,1H3. The fourth-order valence-electron chi connectivity index (χ4n) is 2.22. The topological polar surface area (TPSA) is 67.4 Å². The third-order valence-corrected chi connectivity index (χ3v) is 4.53. The Kier molecular flexibility index (Phi) is 4.79. The number of methoxy groups -OCH3 is 1. The van der Waals surface area contributed by atoms with Crippen LogP contribution < -0.4 is 10.0 Å². The maximum Gasteiger partial charge on any atom is 0.232 e. The maximum absolute atomic E-state index is 12.0. The number of hydrogen-bond acceptors (Lipinski definition) is 4. The summed E-state index contributed by atoms with van der Waals surface area (Å²) in [6.45, 7) is 2.11. The zero-order valence-electron chi connectivity index (χ0n) is 11.1. The molecule has 2 N–H and O–H groups in total. The quantitative estimate of drug-likeness (QED) is 0.768. The summed E-state index contributed by atoms with van der Waals surface area (Å²) in [4.78, 5) is 0. The highest BCUT2D eigenvalue weighted by Crippen LogP contribution is 2.23. The second-order valence-corrected chi connectivity index (χ2v) is 6.48. The Morgan fingerprint density at radius 3 is 3.05 bits per heavy atom. The van der Waals surface area contributed by atoms with Crippen LogP contribution in [0.25, 0.3) is 0 Å². The summed E-state index contributed by atoms with van der Waals surface area (Å²) in [6.07, 6.45) is 1.44. The van der Waals surface area contributed by atoms with Crippen LogP contribution in [0.5, 0.6) is 0 Å². The van der Waals surface area contributed by atoms with E-state index in [1.54, 1.807) is 7.11 Å². The molecule has 0 spiro atoms. The van der Waals surface area contributed by atoms with Crippen LogP contribution >= 0.6 is 0 Å². The van der Waals surface area contributed by atoms with Gasteiger partial charge in [-0.3, -0.25) is 4.72 Å². The smallest absolute Gasteiger partial charge is 0.232 e. The third kappa shape index (κ3) is 3.92. The molecule has 0 saturated carbocycles. The lowest BCUT2D eigenvalue weighted by atomic mass is 10.00. The number of sulfonamides is 1. The first-order chi connectivity index (χ1) is 9.12. The van der Waals surface area contributed by atoms with Crippen molar-refractivity contribution in [1.29, 1.82) is 0 Å². The second-order valence-electron chi connectivity index (χ2n) is 4.64. The monoisotopic (exact) mass is 284 g/mol. The average molecular weight is 284 g/mol. The van der Waals surface area contributed by atoms with Gasteiger partial charge < -0.3 is 10.1 Å². The molecule has 6 heteroatoms. The third-order valence-electron chi connectivity index (χ3n) is 3.17. The summed E-state index contributed by atoms with van der Waals surface area (Å²) in [7, 11) is -1.73. The molecule has 0 fully saturated rings.